The molecule has 1 unspecified atom stereocenters. The highest BCUT2D eigenvalue weighted by Crippen LogP contribution is 2.26. The first-order valence-electron chi connectivity index (χ1n) is 9.49. The smallest absolute Gasteiger partial charge is 0.260 e. The number of aryl methyl sites for hydroxylation is 1. The number of benzene rings is 2. The third kappa shape index (κ3) is 5.60. The van der Waals surface area contributed by atoms with Crippen molar-refractivity contribution in [3.63, 3.8) is 0 Å². The summed E-state index contributed by atoms with van der Waals surface area (Å²) in [4.78, 5) is 31.5. The molecule has 5 nitrogen and oxygen atoms in total. The minimum atomic E-state index is -0.859. The molecule has 3 aromatic rings. The van der Waals surface area contributed by atoms with Crippen LogP contribution in [0.3, 0.4) is 0 Å². The standard InChI is InChI=1S/C23H20Cl2FN3O2/c1-14-3-9-19(11-20(14)24)29(23(31)17-6-10-21(25)27-13-17)15(2)22(30)28-12-16-4-7-18(26)8-5-16/h3-11,13,15H,12H2,1-2H3,(H,28,30). The lowest BCUT2D eigenvalue weighted by atomic mass is 10.1. The van der Waals surface area contributed by atoms with Crippen molar-refractivity contribution < 1.29 is 14.0 Å². The third-order valence-electron chi connectivity index (χ3n) is 4.77. The van der Waals surface area contributed by atoms with Crippen LogP contribution in [0.1, 0.15) is 28.4 Å². The Morgan fingerprint density at radius 1 is 1.10 bits per heavy atom. The molecule has 1 N–H and O–H groups in total. The molecule has 0 fully saturated rings. The van der Waals surface area contributed by atoms with Crippen LogP contribution in [0.25, 0.3) is 0 Å². The molecule has 0 spiro atoms. The maximum absolute atomic E-state index is 13.3. The van der Waals surface area contributed by atoms with Gasteiger partial charge in [-0.2, -0.15) is 0 Å². The molecule has 0 aliphatic carbocycles. The number of carbonyl (C=O) groups excluding carboxylic acids is 2. The van der Waals surface area contributed by atoms with E-state index in [1.54, 1.807) is 43.3 Å². The highest BCUT2D eigenvalue weighted by atomic mass is 35.5. The molecule has 31 heavy (non-hydrogen) atoms. The molecule has 0 saturated heterocycles. The van der Waals surface area contributed by atoms with Crippen molar-refractivity contribution in [3.8, 4) is 0 Å². The van der Waals surface area contributed by atoms with Crippen molar-refractivity contribution in [1.82, 2.24) is 10.3 Å². The zero-order chi connectivity index (χ0) is 22.5. The van der Waals surface area contributed by atoms with Crippen molar-refractivity contribution in [1.29, 1.82) is 0 Å². The SMILES string of the molecule is Cc1ccc(N(C(=O)c2ccc(Cl)nc2)C(C)C(=O)NCc2ccc(F)cc2)cc1Cl. The molecule has 0 radical (unpaired) electrons. The van der Waals surface area contributed by atoms with Crippen LogP contribution < -0.4 is 10.2 Å². The summed E-state index contributed by atoms with van der Waals surface area (Å²) in [5.41, 5.74) is 2.33. The zero-order valence-electron chi connectivity index (χ0n) is 16.9. The van der Waals surface area contributed by atoms with Crippen LogP contribution in [0, 0.1) is 12.7 Å². The molecule has 1 atom stereocenters. The Bertz CT molecular complexity index is 1090. The normalized spacial score (nSPS) is 11.6. The Kier molecular flexibility index (Phi) is 7.25. The molecule has 3 rings (SSSR count). The van der Waals surface area contributed by atoms with E-state index in [2.05, 4.69) is 10.3 Å². The van der Waals surface area contributed by atoms with E-state index in [1.165, 1.54) is 29.3 Å². The summed E-state index contributed by atoms with van der Waals surface area (Å²) in [6.07, 6.45) is 1.36. The average Bonchev–Trinajstić information content (AvgIpc) is 2.76. The van der Waals surface area contributed by atoms with Gasteiger partial charge in [0.1, 0.15) is 17.0 Å². The van der Waals surface area contributed by atoms with E-state index in [-0.39, 0.29) is 29.0 Å². The quantitative estimate of drug-likeness (QED) is 0.516. The lowest BCUT2D eigenvalue weighted by molar-refractivity contribution is -0.122. The third-order valence-corrected chi connectivity index (χ3v) is 5.40. The first-order valence-corrected chi connectivity index (χ1v) is 10.3. The molecular formula is C23H20Cl2FN3O2. The van der Waals surface area contributed by atoms with Gasteiger partial charge in [0.15, 0.2) is 0 Å². The molecule has 0 saturated carbocycles. The minimum Gasteiger partial charge on any atom is -0.350 e. The number of carbonyl (C=O) groups is 2. The van der Waals surface area contributed by atoms with Gasteiger partial charge >= 0.3 is 0 Å². The number of pyridine rings is 1. The molecule has 1 aromatic heterocycles. The van der Waals surface area contributed by atoms with Crippen molar-refractivity contribution in [2.24, 2.45) is 0 Å². The number of rotatable bonds is 6. The van der Waals surface area contributed by atoms with Gasteiger partial charge in [0.2, 0.25) is 5.91 Å². The Morgan fingerprint density at radius 2 is 1.81 bits per heavy atom. The van der Waals surface area contributed by atoms with Gasteiger partial charge in [-0.1, -0.05) is 41.4 Å². The van der Waals surface area contributed by atoms with Gasteiger partial charge in [-0.3, -0.25) is 14.5 Å². The number of nitrogens with one attached hydrogen (secondary N) is 1. The molecule has 2 aromatic carbocycles. The van der Waals surface area contributed by atoms with Crippen LogP contribution in [0.5, 0.6) is 0 Å². The van der Waals surface area contributed by atoms with Crippen LogP contribution in [0.2, 0.25) is 10.2 Å². The molecule has 0 aliphatic rings. The Balaban J connectivity index is 1.87. The van der Waals surface area contributed by atoms with E-state index < -0.39 is 11.9 Å². The summed E-state index contributed by atoms with van der Waals surface area (Å²) < 4.78 is 13.1. The number of hydrogen-bond acceptors (Lipinski definition) is 3. The van der Waals surface area contributed by atoms with Crippen molar-refractivity contribution >= 4 is 40.7 Å². The van der Waals surface area contributed by atoms with E-state index in [1.807, 2.05) is 6.92 Å². The molecule has 2 amide bonds. The lowest BCUT2D eigenvalue weighted by Gasteiger charge is -2.29. The number of anilines is 1. The maximum atomic E-state index is 13.3. The first-order chi connectivity index (χ1) is 14.8. The molecular weight excluding hydrogens is 440 g/mol. The summed E-state index contributed by atoms with van der Waals surface area (Å²) in [6, 6.07) is 13.2. The topological polar surface area (TPSA) is 62.3 Å². The van der Waals surface area contributed by atoms with Gasteiger partial charge in [-0.25, -0.2) is 9.37 Å². The second-order valence-corrected chi connectivity index (χ2v) is 7.79. The lowest BCUT2D eigenvalue weighted by Crippen LogP contribution is -2.48. The molecule has 0 bridgehead atoms. The largest absolute Gasteiger partial charge is 0.350 e. The number of halogens is 3. The summed E-state index contributed by atoms with van der Waals surface area (Å²) in [5, 5.41) is 3.52. The van der Waals surface area contributed by atoms with Gasteiger partial charge in [0.05, 0.1) is 5.56 Å². The van der Waals surface area contributed by atoms with Crippen LogP contribution in [0.4, 0.5) is 10.1 Å². The fraction of sp³-hybridized carbons (Fsp3) is 0.174. The summed E-state index contributed by atoms with van der Waals surface area (Å²) in [7, 11) is 0. The maximum Gasteiger partial charge on any atom is 0.260 e. The van der Waals surface area contributed by atoms with E-state index in [4.69, 9.17) is 23.2 Å². The van der Waals surface area contributed by atoms with Crippen molar-refractivity contribution in [2.75, 3.05) is 4.90 Å². The van der Waals surface area contributed by atoms with Crippen LogP contribution >= 0.6 is 23.2 Å². The average molecular weight is 460 g/mol. The number of aromatic nitrogens is 1. The predicted molar refractivity (Wildman–Crippen MR) is 120 cm³/mol. The van der Waals surface area contributed by atoms with Crippen LogP contribution in [-0.4, -0.2) is 22.8 Å². The van der Waals surface area contributed by atoms with Crippen molar-refractivity contribution in [3.05, 3.63) is 93.5 Å². The Hall–Kier alpha value is -2.96. The fourth-order valence-electron chi connectivity index (χ4n) is 2.95. The number of nitrogens with zero attached hydrogens (tertiary/aromatic N) is 2. The molecule has 0 aliphatic heterocycles. The Morgan fingerprint density at radius 3 is 2.42 bits per heavy atom. The van der Waals surface area contributed by atoms with Gasteiger partial charge in [0.25, 0.3) is 5.91 Å². The molecule has 1 heterocycles. The fourth-order valence-corrected chi connectivity index (χ4v) is 3.23. The zero-order valence-corrected chi connectivity index (χ0v) is 18.4. The minimum absolute atomic E-state index is 0.197. The predicted octanol–water partition coefficient (Wildman–Crippen LogP) is 5.19. The summed E-state index contributed by atoms with van der Waals surface area (Å²) >= 11 is 12.1. The van der Waals surface area contributed by atoms with Gasteiger partial charge < -0.3 is 5.32 Å². The van der Waals surface area contributed by atoms with Gasteiger partial charge in [0, 0.05) is 23.5 Å². The monoisotopic (exact) mass is 459 g/mol. The van der Waals surface area contributed by atoms with Gasteiger partial charge in [-0.15, -0.1) is 0 Å². The van der Waals surface area contributed by atoms with E-state index in [9.17, 15) is 14.0 Å². The number of amides is 2. The highest BCUT2D eigenvalue weighted by molar-refractivity contribution is 6.31. The molecule has 8 heteroatoms. The van der Waals surface area contributed by atoms with Crippen LogP contribution in [-0.2, 0) is 11.3 Å². The van der Waals surface area contributed by atoms with E-state index in [0.717, 1.165) is 11.1 Å². The summed E-state index contributed by atoms with van der Waals surface area (Å²) in [5.74, 6) is -1.15. The van der Waals surface area contributed by atoms with Gasteiger partial charge in [-0.05, 0) is 61.4 Å². The van der Waals surface area contributed by atoms with Crippen molar-refractivity contribution in [2.45, 2.75) is 26.4 Å². The van der Waals surface area contributed by atoms with Crippen LogP contribution in [0.15, 0.2) is 60.8 Å². The first kappa shape index (κ1) is 22.7. The highest BCUT2D eigenvalue weighted by Gasteiger charge is 2.29. The second kappa shape index (κ2) is 9.90. The summed E-state index contributed by atoms with van der Waals surface area (Å²) in [6.45, 7) is 3.66. The number of hydrogen-bond donors (Lipinski definition) is 1. The Labute approximate surface area is 189 Å². The van der Waals surface area contributed by atoms with E-state index >= 15 is 0 Å². The molecule has 160 valence electrons. The second-order valence-electron chi connectivity index (χ2n) is 7.00. The van der Waals surface area contributed by atoms with E-state index in [0.29, 0.717) is 10.7 Å².